The van der Waals surface area contributed by atoms with E-state index in [0.717, 1.165) is 32.7 Å². The van der Waals surface area contributed by atoms with E-state index in [1.54, 1.807) is 0 Å². The largest absolute Gasteiger partial charge is 0.359 e. The molecule has 4 heteroatoms. The van der Waals surface area contributed by atoms with Crippen LogP contribution in [-0.2, 0) is 9.47 Å². The van der Waals surface area contributed by atoms with Gasteiger partial charge in [0.05, 0.1) is 13.2 Å². The second-order valence-electron chi connectivity index (χ2n) is 4.19. The molecular formula is C9H18N2O2. The predicted octanol–water partition coefficient (Wildman–Crippen LogP) is 0.0485. The maximum absolute atomic E-state index is 5.64. The first-order chi connectivity index (χ1) is 6.12. The van der Waals surface area contributed by atoms with Crippen molar-refractivity contribution in [1.29, 1.82) is 0 Å². The third-order valence-corrected chi connectivity index (χ3v) is 2.72. The zero-order valence-electron chi connectivity index (χ0n) is 8.35. The van der Waals surface area contributed by atoms with Crippen molar-refractivity contribution in [2.45, 2.75) is 31.7 Å². The van der Waals surface area contributed by atoms with Crippen molar-refractivity contribution in [1.82, 2.24) is 10.6 Å². The fourth-order valence-electron chi connectivity index (χ4n) is 2.16. The molecule has 0 bridgehead atoms. The Morgan fingerprint density at radius 1 is 1.00 bits per heavy atom. The summed E-state index contributed by atoms with van der Waals surface area (Å²) in [5.41, 5.74) is -0.432. The Balaban J connectivity index is 1.95. The molecule has 2 fully saturated rings. The van der Waals surface area contributed by atoms with Crippen molar-refractivity contribution >= 4 is 0 Å². The van der Waals surface area contributed by atoms with Gasteiger partial charge in [-0.05, 0) is 13.8 Å². The highest BCUT2D eigenvalue weighted by molar-refractivity contribution is 4.89. The predicted molar refractivity (Wildman–Crippen MR) is 49.3 cm³/mol. The highest BCUT2D eigenvalue weighted by Gasteiger charge is 2.40. The lowest BCUT2D eigenvalue weighted by Gasteiger charge is -2.33. The monoisotopic (exact) mass is 186 g/mol. The molecule has 4 nitrogen and oxygen atoms in total. The van der Waals surface area contributed by atoms with Gasteiger partial charge in [-0.25, -0.2) is 0 Å². The second kappa shape index (κ2) is 3.20. The quantitative estimate of drug-likeness (QED) is 0.639. The summed E-state index contributed by atoms with van der Waals surface area (Å²) in [6.07, 6.45) is 0.847. The minimum atomic E-state index is -0.216. The van der Waals surface area contributed by atoms with Crippen molar-refractivity contribution < 1.29 is 9.47 Å². The molecule has 0 radical (unpaired) electrons. The van der Waals surface area contributed by atoms with Crippen molar-refractivity contribution in [3.8, 4) is 0 Å². The summed E-state index contributed by atoms with van der Waals surface area (Å²) in [6.45, 7) is 7.63. The maximum Gasteiger partial charge on any atom is 0.120 e. The van der Waals surface area contributed by atoms with Crippen LogP contribution in [0, 0.1) is 0 Å². The lowest BCUT2D eigenvalue weighted by Crippen LogP contribution is -2.50. The third-order valence-electron chi connectivity index (χ3n) is 2.72. The topological polar surface area (TPSA) is 42.5 Å². The van der Waals surface area contributed by atoms with E-state index < -0.39 is 0 Å². The first-order valence-corrected chi connectivity index (χ1v) is 4.90. The Labute approximate surface area is 79.0 Å². The van der Waals surface area contributed by atoms with E-state index in [1.807, 2.05) is 0 Å². The molecule has 13 heavy (non-hydrogen) atoms. The SMILES string of the molecule is CC1(CC2(C)NCCO2)NCCO1. The average molecular weight is 186 g/mol. The molecule has 2 heterocycles. The van der Waals surface area contributed by atoms with E-state index in [0.29, 0.717) is 0 Å². The van der Waals surface area contributed by atoms with Crippen molar-refractivity contribution in [2.24, 2.45) is 0 Å². The molecule has 0 spiro atoms. The van der Waals surface area contributed by atoms with Crippen LogP contribution < -0.4 is 10.6 Å². The lowest BCUT2D eigenvalue weighted by atomic mass is 10.0. The smallest absolute Gasteiger partial charge is 0.120 e. The molecule has 76 valence electrons. The first-order valence-electron chi connectivity index (χ1n) is 4.90. The van der Waals surface area contributed by atoms with Crippen molar-refractivity contribution in [3.63, 3.8) is 0 Å². The van der Waals surface area contributed by atoms with E-state index in [1.165, 1.54) is 0 Å². The zero-order chi connectivity index (χ0) is 9.36. The van der Waals surface area contributed by atoms with Gasteiger partial charge in [0, 0.05) is 19.5 Å². The zero-order valence-corrected chi connectivity index (χ0v) is 8.35. The Bertz CT molecular complexity index is 164. The number of rotatable bonds is 2. The molecule has 0 saturated carbocycles. The highest BCUT2D eigenvalue weighted by atomic mass is 16.5. The van der Waals surface area contributed by atoms with Crippen LogP contribution in [0.3, 0.4) is 0 Å². The molecule has 0 aromatic carbocycles. The Morgan fingerprint density at radius 2 is 1.46 bits per heavy atom. The molecule has 2 unspecified atom stereocenters. The summed E-state index contributed by atoms with van der Waals surface area (Å²) >= 11 is 0. The molecule has 2 atom stereocenters. The molecule has 0 aromatic heterocycles. The molecule has 0 aromatic rings. The number of nitrogens with one attached hydrogen (secondary N) is 2. The van der Waals surface area contributed by atoms with Crippen LogP contribution in [0.5, 0.6) is 0 Å². The fourth-order valence-corrected chi connectivity index (χ4v) is 2.16. The highest BCUT2D eigenvalue weighted by Crippen LogP contribution is 2.26. The van der Waals surface area contributed by atoms with Gasteiger partial charge in [0.1, 0.15) is 11.4 Å². The summed E-state index contributed by atoms with van der Waals surface area (Å²) in [7, 11) is 0. The average Bonchev–Trinajstić information content (AvgIpc) is 2.60. The van der Waals surface area contributed by atoms with Gasteiger partial charge in [-0.15, -0.1) is 0 Å². The van der Waals surface area contributed by atoms with Gasteiger partial charge in [-0.1, -0.05) is 0 Å². The molecule has 2 N–H and O–H groups in total. The summed E-state index contributed by atoms with van der Waals surface area (Å²) in [5, 5.41) is 6.69. The molecule has 2 aliphatic rings. The molecule has 2 rings (SSSR count). The fraction of sp³-hybridized carbons (Fsp3) is 1.00. The molecule has 2 aliphatic heterocycles. The van der Waals surface area contributed by atoms with Gasteiger partial charge < -0.3 is 9.47 Å². The molecule has 0 aliphatic carbocycles. The normalized spacial score (nSPS) is 45.7. The molecule has 2 saturated heterocycles. The van der Waals surface area contributed by atoms with Crippen LogP contribution >= 0.6 is 0 Å². The first kappa shape index (κ1) is 9.40. The molecular weight excluding hydrogens is 168 g/mol. The van der Waals surface area contributed by atoms with Gasteiger partial charge in [-0.2, -0.15) is 0 Å². The Kier molecular flexibility index (Phi) is 2.32. The van der Waals surface area contributed by atoms with Crippen LogP contribution in [0.15, 0.2) is 0 Å². The number of hydrogen-bond acceptors (Lipinski definition) is 4. The summed E-state index contributed by atoms with van der Waals surface area (Å²) in [5.74, 6) is 0. The summed E-state index contributed by atoms with van der Waals surface area (Å²) in [6, 6.07) is 0. The third kappa shape index (κ3) is 2.02. The van der Waals surface area contributed by atoms with E-state index >= 15 is 0 Å². The van der Waals surface area contributed by atoms with Crippen LogP contribution in [0.25, 0.3) is 0 Å². The van der Waals surface area contributed by atoms with E-state index in [-0.39, 0.29) is 11.4 Å². The lowest BCUT2D eigenvalue weighted by molar-refractivity contribution is -0.0861. The Morgan fingerprint density at radius 3 is 1.77 bits per heavy atom. The summed E-state index contributed by atoms with van der Waals surface area (Å²) in [4.78, 5) is 0. The van der Waals surface area contributed by atoms with Gasteiger partial charge in [0.25, 0.3) is 0 Å². The number of hydrogen-bond donors (Lipinski definition) is 2. The van der Waals surface area contributed by atoms with Crippen LogP contribution in [0.1, 0.15) is 20.3 Å². The van der Waals surface area contributed by atoms with Gasteiger partial charge in [0.15, 0.2) is 0 Å². The maximum atomic E-state index is 5.64. The van der Waals surface area contributed by atoms with Crippen molar-refractivity contribution in [2.75, 3.05) is 26.3 Å². The van der Waals surface area contributed by atoms with Gasteiger partial charge >= 0.3 is 0 Å². The van der Waals surface area contributed by atoms with Crippen LogP contribution in [-0.4, -0.2) is 37.8 Å². The van der Waals surface area contributed by atoms with Gasteiger partial charge in [-0.3, -0.25) is 10.6 Å². The number of ether oxygens (including phenoxy) is 2. The van der Waals surface area contributed by atoms with Crippen LogP contribution in [0.2, 0.25) is 0 Å². The standard InChI is InChI=1S/C9H18N2O2/c1-8(10-3-5-12-8)7-9(2)11-4-6-13-9/h10-11H,3-7H2,1-2H3. The Hall–Kier alpha value is -0.160. The van der Waals surface area contributed by atoms with E-state index in [2.05, 4.69) is 24.5 Å². The van der Waals surface area contributed by atoms with E-state index in [4.69, 9.17) is 9.47 Å². The van der Waals surface area contributed by atoms with Crippen LogP contribution in [0.4, 0.5) is 0 Å². The van der Waals surface area contributed by atoms with E-state index in [9.17, 15) is 0 Å². The summed E-state index contributed by atoms with van der Waals surface area (Å²) < 4.78 is 11.3. The molecule has 0 amide bonds. The minimum absolute atomic E-state index is 0.216. The second-order valence-corrected chi connectivity index (χ2v) is 4.19. The van der Waals surface area contributed by atoms with Gasteiger partial charge in [0.2, 0.25) is 0 Å². The van der Waals surface area contributed by atoms with Crippen molar-refractivity contribution in [3.05, 3.63) is 0 Å². The minimum Gasteiger partial charge on any atom is -0.359 e.